The minimum absolute atomic E-state index is 0.0291. The van der Waals surface area contributed by atoms with Gasteiger partial charge in [-0.25, -0.2) is 9.97 Å². The predicted octanol–water partition coefficient (Wildman–Crippen LogP) is 3.42. The van der Waals surface area contributed by atoms with Gasteiger partial charge in [-0.2, -0.15) is 0 Å². The average Bonchev–Trinajstić information content (AvgIpc) is 3.18. The smallest absolute Gasteiger partial charge is 0.228 e. The number of nitrogens with zero attached hydrogens (tertiary/aromatic N) is 4. The number of carbonyl (C=O) groups excluding carboxylic acids is 1. The molecule has 1 amide bonds. The Hall–Kier alpha value is -2.84. The molecule has 3 aromatic heterocycles. The molecule has 1 N–H and O–H groups in total. The molecule has 1 saturated carbocycles. The van der Waals surface area contributed by atoms with E-state index in [1.807, 2.05) is 19.1 Å². The van der Waals surface area contributed by atoms with Crippen LogP contribution in [0.25, 0.3) is 22.2 Å². The molecule has 31 heavy (non-hydrogen) atoms. The molecular weight excluding hydrogens is 394 g/mol. The highest BCUT2D eigenvalue weighted by Crippen LogP contribution is 2.30. The van der Waals surface area contributed by atoms with Crippen molar-refractivity contribution in [3.05, 3.63) is 36.6 Å². The molecule has 0 unspecified atom stereocenters. The summed E-state index contributed by atoms with van der Waals surface area (Å²) in [5, 5.41) is 3.90. The maximum atomic E-state index is 12.8. The lowest BCUT2D eigenvalue weighted by molar-refractivity contribution is -0.121. The first-order chi connectivity index (χ1) is 15.1. The first-order valence-electron chi connectivity index (χ1n) is 10.9. The molecular formula is C23H27N5O3. The standard InChI is InChI=1S/C23H27N5O3/c1-14-24-11-21(31-14)17-7-16-8-22(26-10-20(16)25-9-17)27-23(29)15-3-5-18(6-4-15)28(2)19-12-30-13-19/h7-11,15,18-19H,3-6,12-13H2,1-2H3,(H,26,27,29)/t15-,18-. The topological polar surface area (TPSA) is 93.4 Å². The van der Waals surface area contributed by atoms with Gasteiger partial charge in [-0.05, 0) is 44.9 Å². The number of rotatable bonds is 5. The number of pyridine rings is 2. The zero-order chi connectivity index (χ0) is 21.4. The van der Waals surface area contributed by atoms with Crippen LogP contribution in [0, 0.1) is 12.8 Å². The van der Waals surface area contributed by atoms with E-state index in [4.69, 9.17) is 9.15 Å². The van der Waals surface area contributed by atoms with Gasteiger partial charge in [0.15, 0.2) is 11.7 Å². The molecule has 0 atom stereocenters. The van der Waals surface area contributed by atoms with Crippen LogP contribution in [0.2, 0.25) is 0 Å². The summed E-state index contributed by atoms with van der Waals surface area (Å²) in [6.07, 6.45) is 9.01. The van der Waals surface area contributed by atoms with Crippen molar-refractivity contribution in [2.24, 2.45) is 5.92 Å². The molecule has 0 radical (unpaired) electrons. The van der Waals surface area contributed by atoms with Crippen LogP contribution in [0.15, 0.2) is 35.1 Å². The van der Waals surface area contributed by atoms with E-state index in [0.717, 1.165) is 55.4 Å². The largest absolute Gasteiger partial charge is 0.441 e. The summed E-state index contributed by atoms with van der Waals surface area (Å²) in [4.78, 5) is 28.3. The minimum atomic E-state index is 0.0291. The van der Waals surface area contributed by atoms with E-state index in [9.17, 15) is 4.79 Å². The number of hydrogen-bond donors (Lipinski definition) is 1. The lowest BCUT2D eigenvalue weighted by Crippen LogP contribution is -2.52. The van der Waals surface area contributed by atoms with Crippen molar-refractivity contribution < 1.29 is 13.9 Å². The number of aryl methyl sites for hydroxylation is 1. The van der Waals surface area contributed by atoms with Gasteiger partial charge in [0.2, 0.25) is 5.91 Å². The van der Waals surface area contributed by atoms with E-state index in [-0.39, 0.29) is 11.8 Å². The molecule has 5 rings (SSSR count). The number of amides is 1. The first kappa shape index (κ1) is 20.1. The zero-order valence-corrected chi connectivity index (χ0v) is 17.9. The Labute approximate surface area is 181 Å². The molecule has 0 bridgehead atoms. The van der Waals surface area contributed by atoms with Gasteiger partial charge >= 0.3 is 0 Å². The number of carbonyl (C=O) groups is 1. The first-order valence-corrected chi connectivity index (χ1v) is 10.9. The van der Waals surface area contributed by atoms with Crippen LogP contribution in [0.3, 0.4) is 0 Å². The molecule has 1 aliphatic heterocycles. The fourth-order valence-corrected chi connectivity index (χ4v) is 4.46. The third-order valence-electron chi connectivity index (χ3n) is 6.56. The molecule has 1 aliphatic carbocycles. The number of ether oxygens (including phenoxy) is 1. The Morgan fingerprint density at radius 2 is 1.84 bits per heavy atom. The second-order valence-corrected chi connectivity index (χ2v) is 8.58. The van der Waals surface area contributed by atoms with Crippen molar-refractivity contribution >= 4 is 22.6 Å². The molecule has 4 heterocycles. The predicted molar refractivity (Wildman–Crippen MR) is 117 cm³/mol. The minimum Gasteiger partial charge on any atom is -0.441 e. The summed E-state index contributed by atoms with van der Waals surface area (Å²) in [6.45, 7) is 3.47. The average molecular weight is 422 g/mol. The number of anilines is 1. The van der Waals surface area contributed by atoms with Crippen molar-refractivity contribution in [2.75, 3.05) is 25.6 Å². The fourth-order valence-electron chi connectivity index (χ4n) is 4.46. The molecule has 8 nitrogen and oxygen atoms in total. The van der Waals surface area contributed by atoms with Crippen LogP contribution < -0.4 is 5.32 Å². The number of nitrogens with one attached hydrogen (secondary N) is 1. The van der Waals surface area contributed by atoms with E-state index < -0.39 is 0 Å². The Kier molecular flexibility index (Phi) is 5.41. The summed E-state index contributed by atoms with van der Waals surface area (Å²) in [5.74, 6) is 1.91. The SMILES string of the molecule is Cc1ncc(-c2cnc3cnc(NC(=O)[C@H]4CC[C@H](N(C)C5COC5)CC4)cc3c2)o1. The number of likely N-dealkylation sites (N-methyl/N-ethyl adjacent to an activating group) is 1. The van der Waals surface area contributed by atoms with Crippen molar-refractivity contribution in [1.29, 1.82) is 0 Å². The van der Waals surface area contributed by atoms with Gasteiger partial charge in [-0.1, -0.05) is 0 Å². The maximum absolute atomic E-state index is 12.8. The fraction of sp³-hybridized carbons (Fsp3) is 0.478. The van der Waals surface area contributed by atoms with E-state index in [2.05, 4.69) is 32.2 Å². The summed E-state index contributed by atoms with van der Waals surface area (Å²) < 4.78 is 10.9. The Morgan fingerprint density at radius 3 is 2.52 bits per heavy atom. The van der Waals surface area contributed by atoms with E-state index >= 15 is 0 Å². The Bertz CT molecular complexity index is 1090. The number of fused-ring (bicyclic) bond motifs is 1. The normalized spacial score (nSPS) is 21.9. The molecule has 8 heteroatoms. The quantitative estimate of drug-likeness (QED) is 0.675. The maximum Gasteiger partial charge on any atom is 0.228 e. The second-order valence-electron chi connectivity index (χ2n) is 8.58. The van der Waals surface area contributed by atoms with E-state index in [1.54, 1.807) is 18.6 Å². The number of hydrogen-bond acceptors (Lipinski definition) is 7. The molecule has 0 aromatic carbocycles. The van der Waals surface area contributed by atoms with Gasteiger partial charge in [0.05, 0.1) is 37.2 Å². The van der Waals surface area contributed by atoms with Crippen LogP contribution >= 0.6 is 0 Å². The van der Waals surface area contributed by atoms with Crippen molar-refractivity contribution in [3.63, 3.8) is 0 Å². The molecule has 2 fully saturated rings. The third-order valence-corrected chi connectivity index (χ3v) is 6.56. The molecule has 0 spiro atoms. The molecule has 3 aromatic rings. The summed E-state index contributed by atoms with van der Waals surface area (Å²) in [7, 11) is 2.18. The number of oxazole rings is 1. The van der Waals surface area contributed by atoms with Crippen molar-refractivity contribution in [3.8, 4) is 11.3 Å². The van der Waals surface area contributed by atoms with Crippen molar-refractivity contribution in [2.45, 2.75) is 44.7 Å². The van der Waals surface area contributed by atoms with E-state index in [1.165, 1.54) is 0 Å². The monoisotopic (exact) mass is 421 g/mol. The van der Waals surface area contributed by atoms with Gasteiger partial charge in [-0.15, -0.1) is 0 Å². The van der Waals surface area contributed by atoms with Gasteiger partial charge in [0.25, 0.3) is 0 Å². The van der Waals surface area contributed by atoms with Crippen LogP contribution in [-0.2, 0) is 9.53 Å². The Balaban J connectivity index is 1.24. The highest BCUT2D eigenvalue weighted by Gasteiger charge is 2.33. The van der Waals surface area contributed by atoms with Gasteiger partial charge in [0, 0.05) is 36.0 Å². The van der Waals surface area contributed by atoms with Crippen LogP contribution in [0.4, 0.5) is 5.82 Å². The van der Waals surface area contributed by atoms with Gasteiger partial charge in [0.1, 0.15) is 5.82 Å². The highest BCUT2D eigenvalue weighted by molar-refractivity contribution is 5.94. The van der Waals surface area contributed by atoms with Crippen LogP contribution in [0.1, 0.15) is 31.6 Å². The van der Waals surface area contributed by atoms with Gasteiger partial charge in [-0.3, -0.25) is 14.7 Å². The van der Waals surface area contributed by atoms with E-state index in [0.29, 0.717) is 29.6 Å². The lowest BCUT2D eigenvalue weighted by Gasteiger charge is -2.42. The molecule has 1 saturated heterocycles. The van der Waals surface area contributed by atoms with Crippen LogP contribution in [0.5, 0.6) is 0 Å². The molecule has 162 valence electrons. The summed E-state index contributed by atoms with van der Waals surface area (Å²) in [6, 6.07) is 4.92. The second kappa shape index (κ2) is 8.36. The van der Waals surface area contributed by atoms with Gasteiger partial charge < -0.3 is 14.5 Å². The van der Waals surface area contributed by atoms with Crippen LogP contribution in [-0.4, -0.2) is 58.1 Å². The lowest BCUT2D eigenvalue weighted by atomic mass is 9.84. The Morgan fingerprint density at radius 1 is 1.03 bits per heavy atom. The van der Waals surface area contributed by atoms with Crippen molar-refractivity contribution in [1.82, 2.24) is 19.9 Å². The highest BCUT2D eigenvalue weighted by atomic mass is 16.5. The zero-order valence-electron chi connectivity index (χ0n) is 17.9. The summed E-state index contributed by atoms with van der Waals surface area (Å²) in [5.41, 5.74) is 1.61. The molecule has 2 aliphatic rings. The number of aromatic nitrogens is 3. The third kappa shape index (κ3) is 4.18. The summed E-state index contributed by atoms with van der Waals surface area (Å²) >= 11 is 0.